The maximum Gasteiger partial charge on any atom is 0.376 e. The van der Waals surface area contributed by atoms with Crippen LogP contribution in [0.1, 0.15) is 19.8 Å². The molecule has 100 valence electrons. The van der Waals surface area contributed by atoms with Crippen LogP contribution in [0.3, 0.4) is 0 Å². The van der Waals surface area contributed by atoms with Crippen molar-refractivity contribution in [2.24, 2.45) is 0 Å². The van der Waals surface area contributed by atoms with Crippen molar-refractivity contribution in [2.75, 3.05) is 0 Å². The van der Waals surface area contributed by atoms with Crippen molar-refractivity contribution in [1.82, 2.24) is 9.55 Å². The highest BCUT2D eigenvalue weighted by atomic mass is 16.6. The molecule has 7 heteroatoms. The summed E-state index contributed by atoms with van der Waals surface area (Å²) in [6, 6.07) is 3.06. The van der Waals surface area contributed by atoms with Gasteiger partial charge < -0.3 is 5.11 Å². The van der Waals surface area contributed by atoms with Crippen molar-refractivity contribution in [3.8, 4) is 5.75 Å². The zero-order chi connectivity index (χ0) is 14.0. The van der Waals surface area contributed by atoms with Gasteiger partial charge in [0, 0.05) is 12.7 Å². The summed E-state index contributed by atoms with van der Waals surface area (Å²) >= 11 is 0. The van der Waals surface area contributed by atoms with Crippen LogP contribution in [-0.2, 0) is 6.54 Å². The minimum atomic E-state index is -0.855. The number of aromatic nitrogens is 2. The average Bonchev–Trinajstić information content (AvgIpc) is 2.38. The van der Waals surface area contributed by atoms with Gasteiger partial charge >= 0.3 is 11.2 Å². The van der Waals surface area contributed by atoms with E-state index < -0.39 is 21.9 Å². The molecule has 1 N–H and O–H groups in total. The van der Waals surface area contributed by atoms with E-state index in [2.05, 4.69) is 4.98 Å². The number of aryl methyl sites for hydroxylation is 1. The molecule has 0 fully saturated rings. The molecule has 0 atom stereocenters. The highest BCUT2D eigenvalue weighted by Crippen LogP contribution is 2.29. The van der Waals surface area contributed by atoms with E-state index in [-0.39, 0.29) is 11.0 Å². The van der Waals surface area contributed by atoms with Crippen molar-refractivity contribution in [1.29, 1.82) is 0 Å². The van der Waals surface area contributed by atoms with Gasteiger partial charge in [0.25, 0.3) is 0 Å². The van der Waals surface area contributed by atoms with Crippen LogP contribution in [0.5, 0.6) is 5.75 Å². The van der Waals surface area contributed by atoms with Gasteiger partial charge in [0.2, 0.25) is 5.75 Å². The first-order chi connectivity index (χ1) is 9.07. The normalized spacial score (nSPS) is 10.8. The largest absolute Gasteiger partial charge is 0.501 e. The zero-order valence-electron chi connectivity index (χ0n) is 10.4. The molecule has 0 unspecified atom stereocenters. The van der Waals surface area contributed by atoms with Gasteiger partial charge in [-0.15, -0.1) is 0 Å². The van der Waals surface area contributed by atoms with Crippen LogP contribution in [0.4, 0.5) is 5.69 Å². The van der Waals surface area contributed by atoms with E-state index >= 15 is 0 Å². The molecule has 0 saturated heterocycles. The number of hydrogen-bond acceptors (Lipinski definition) is 5. The van der Waals surface area contributed by atoms with E-state index in [0.717, 1.165) is 6.42 Å². The Morgan fingerprint density at radius 1 is 1.53 bits per heavy atom. The maximum absolute atomic E-state index is 12.1. The molecule has 0 amide bonds. The molecule has 0 bridgehead atoms. The summed E-state index contributed by atoms with van der Waals surface area (Å²) in [5, 5.41) is 21.0. The number of aromatic hydroxyl groups is 1. The first-order valence-electron chi connectivity index (χ1n) is 5.92. The quantitative estimate of drug-likeness (QED) is 0.670. The number of nitrogens with zero attached hydrogens (tertiary/aromatic N) is 3. The first kappa shape index (κ1) is 13.0. The predicted octanol–water partition coefficient (Wildman–Crippen LogP) is 1.81. The molecular formula is C12H13N3O4. The standard InChI is InChI=1S/C12H13N3O4/c1-2-3-7-14-11-8(5-4-6-13-11)10(16)9(12(14)17)15(18)19/h4-6,16H,2-3,7H2,1H3. The molecule has 2 heterocycles. The van der Waals surface area contributed by atoms with Gasteiger partial charge in [0.15, 0.2) is 0 Å². The van der Waals surface area contributed by atoms with Gasteiger partial charge in [-0.1, -0.05) is 13.3 Å². The maximum atomic E-state index is 12.1. The fourth-order valence-electron chi connectivity index (χ4n) is 1.94. The number of pyridine rings is 2. The van der Waals surface area contributed by atoms with Gasteiger partial charge in [0.05, 0.1) is 10.3 Å². The molecule has 19 heavy (non-hydrogen) atoms. The highest BCUT2D eigenvalue weighted by molar-refractivity contribution is 5.85. The first-order valence-corrected chi connectivity index (χ1v) is 5.92. The van der Waals surface area contributed by atoms with Gasteiger partial charge in [-0.3, -0.25) is 19.5 Å². The fraction of sp³-hybridized carbons (Fsp3) is 0.333. The summed E-state index contributed by atoms with van der Waals surface area (Å²) in [5.41, 5.74) is -1.34. The Labute approximate surface area is 108 Å². The Kier molecular flexibility index (Phi) is 3.46. The van der Waals surface area contributed by atoms with E-state index in [0.29, 0.717) is 13.0 Å². The lowest BCUT2D eigenvalue weighted by Crippen LogP contribution is -2.24. The summed E-state index contributed by atoms with van der Waals surface area (Å²) in [6.45, 7) is 2.29. The average molecular weight is 263 g/mol. The van der Waals surface area contributed by atoms with Crippen LogP contribution in [0.15, 0.2) is 23.1 Å². The molecule has 0 aliphatic rings. The lowest BCUT2D eigenvalue weighted by molar-refractivity contribution is -0.387. The van der Waals surface area contributed by atoms with E-state index in [1.165, 1.54) is 16.8 Å². The molecule has 7 nitrogen and oxygen atoms in total. The Bertz CT molecular complexity index is 693. The number of nitro groups is 1. The fourth-order valence-corrected chi connectivity index (χ4v) is 1.94. The van der Waals surface area contributed by atoms with Crippen LogP contribution in [-0.4, -0.2) is 19.6 Å². The summed E-state index contributed by atoms with van der Waals surface area (Å²) in [7, 11) is 0. The third kappa shape index (κ3) is 2.14. The summed E-state index contributed by atoms with van der Waals surface area (Å²) in [4.78, 5) is 26.2. The van der Waals surface area contributed by atoms with Crippen molar-refractivity contribution in [2.45, 2.75) is 26.3 Å². The number of unbranched alkanes of at least 4 members (excludes halogenated alkanes) is 1. The minimum Gasteiger partial charge on any atom is -0.501 e. The molecule has 0 aliphatic heterocycles. The number of hydrogen-bond donors (Lipinski definition) is 1. The molecule has 0 spiro atoms. The number of rotatable bonds is 4. The minimum absolute atomic E-state index is 0.213. The molecule has 0 aliphatic carbocycles. The SMILES string of the molecule is CCCCn1c(=O)c([N+](=O)[O-])c(O)c2cccnc21. The Morgan fingerprint density at radius 3 is 2.89 bits per heavy atom. The van der Waals surface area contributed by atoms with Crippen molar-refractivity contribution in [3.63, 3.8) is 0 Å². The predicted molar refractivity (Wildman–Crippen MR) is 69.2 cm³/mol. The van der Waals surface area contributed by atoms with Gasteiger partial charge in [0.1, 0.15) is 5.65 Å². The molecule has 0 saturated carbocycles. The van der Waals surface area contributed by atoms with E-state index in [9.17, 15) is 20.0 Å². The Hall–Kier alpha value is -2.44. The van der Waals surface area contributed by atoms with Gasteiger partial charge in [-0.25, -0.2) is 4.98 Å². The van der Waals surface area contributed by atoms with Crippen LogP contribution in [0.25, 0.3) is 11.0 Å². The summed E-state index contributed by atoms with van der Waals surface area (Å²) in [5.74, 6) is -0.620. The molecule has 0 aromatic carbocycles. The van der Waals surface area contributed by atoms with Crippen LogP contribution >= 0.6 is 0 Å². The lowest BCUT2D eigenvalue weighted by Gasteiger charge is -2.09. The molecular weight excluding hydrogens is 250 g/mol. The topological polar surface area (TPSA) is 98.3 Å². The van der Waals surface area contributed by atoms with E-state index in [1.54, 1.807) is 6.07 Å². The van der Waals surface area contributed by atoms with Crippen molar-refractivity contribution < 1.29 is 10.0 Å². The van der Waals surface area contributed by atoms with Crippen LogP contribution in [0, 0.1) is 10.1 Å². The second-order valence-corrected chi connectivity index (χ2v) is 4.14. The molecule has 2 aromatic rings. The van der Waals surface area contributed by atoms with E-state index in [1.807, 2.05) is 6.92 Å². The third-order valence-electron chi connectivity index (χ3n) is 2.89. The van der Waals surface area contributed by atoms with E-state index in [4.69, 9.17) is 0 Å². The van der Waals surface area contributed by atoms with Crippen LogP contribution in [0.2, 0.25) is 0 Å². The zero-order valence-corrected chi connectivity index (χ0v) is 10.4. The second-order valence-electron chi connectivity index (χ2n) is 4.14. The lowest BCUT2D eigenvalue weighted by atomic mass is 10.2. The van der Waals surface area contributed by atoms with Crippen LogP contribution < -0.4 is 5.56 Å². The Morgan fingerprint density at radius 2 is 2.26 bits per heavy atom. The van der Waals surface area contributed by atoms with Crippen molar-refractivity contribution >= 4 is 16.7 Å². The molecule has 2 rings (SSSR count). The highest BCUT2D eigenvalue weighted by Gasteiger charge is 2.25. The monoisotopic (exact) mass is 263 g/mol. The van der Waals surface area contributed by atoms with Gasteiger partial charge in [-0.2, -0.15) is 0 Å². The van der Waals surface area contributed by atoms with Crippen molar-refractivity contribution in [3.05, 3.63) is 38.8 Å². The Balaban J connectivity index is 2.84. The van der Waals surface area contributed by atoms with Gasteiger partial charge in [-0.05, 0) is 18.6 Å². The third-order valence-corrected chi connectivity index (χ3v) is 2.89. The second kappa shape index (κ2) is 5.05. The molecule has 2 aromatic heterocycles. The molecule has 0 radical (unpaired) electrons. The number of fused-ring (bicyclic) bond motifs is 1. The summed E-state index contributed by atoms with van der Waals surface area (Å²) in [6.07, 6.45) is 3.03. The summed E-state index contributed by atoms with van der Waals surface area (Å²) < 4.78 is 1.25. The smallest absolute Gasteiger partial charge is 0.376 e.